The van der Waals surface area contributed by atoms with Gasteiger partial charge in [-0.15, -0.1) is 0 Å². The second-order valence-electron chi connectivity index (χ2n) is 3.50. The van der Waals surface area contributed by atoms with Crippen LogP contribution in [0.2, 0.25) is 0 Å². The number of carbonyl (C=O) groups is 1. The Morgan fingerprint density at radius 2 is 2.00 bits per heavy atom. The van der Waals surface area contributed by atoms with Gasteiger partial charge in [0.05, 0.1) is 19.8 Å². The number of esters is 1. The normalized spacial score (nSPS) is 15.3. The Labute approximate surface area is 101 Å². The van der Waals surface area contributed by atoms with Gasteiger partial charge < -0.3 is 14.6 Å². The average Bonchev–Trinajstić information content (AvgIpc) is 2.27. The van der Waals surface area contributed by atoms with Gasteiger partial charge in [0.1, 0.15) is 0 Å². The summed E-state index contributed by atoms with van der Waals surface area (Å²) in [4.78, 5) is 11.0. The minimum absolute atomic E-state index is 0.0359. The summed E-state index contributed by atoms with van der Waals surface area (Å²) in [7, 11) is -1.20. The Hall–Kier alpha value is -0.700. The van der Waals surface area contributed by atoms with Gasteiger partial charge in [0.2, 0.25) is 10.0 Å². The molecule has 0 fully saturated rings. The van der Waals surface area contributed by atoms with E-state index >= 15 is 0 Å². The van der Waals surface area contributed by atoms with E-state index in [1.54, 1.807) is 0 Å². The smallest absolute Gasteiger partial charge is 0.325 e. The molecule has 0 saturated heterocycles. The fraction of sp³-hybridized carbons (Fsp3) is 0.889. The monoisotopic (exact) mass is 269 g/mol. The van der Waals surface area contributed by atoms with Crippen molar-refractivity contribution in [2.75, 3.05) is 27.4 Å². The van der Waals surface area contributed by atoms with Gasteiger partial charge in [0, 0.05) is 13.7 Å². The van der Waals surface area contributed by atoms with Crippen LogP contribution in [0.25, 0.3) is 0 Å². The highest BCUT2D eigenvalue weighted by atomic mass is 32.2. The molecule has 0 heterocycles. The molecule has 0 aliphatic carbocycles. The van der Waals surface area contributed by atoms with Gasteiger partial charge in [-0.1, -0.05) is 0 Å². The first-order chi connectivity index (χ1) is 7.85. The average molecular weight is 269 g/mol. The maximum Gasteiger partial charge on any atom is 0.325 e. The van der Waals surface area contributed by atoms with E-state index in [-0.39, 0.29) is 19.6 Å². The topological polar surface area (TPSA) is 102 Å². The minimum Gasteiger partial charge on any atom is -0.468 e. The Morgan fingerprint density at radius 3 is 2.47 bits per heavy atom. The second kappa shape index (κ2) is 7.59. The quantitative estimate of drug-likeness (QED) is 0.540. The molecule has 0 saturated carbocycles. The van der Waals surface area contributed by atoms with Gasteiger partial charge in [0.25, 0.3) is 0 Å². The molecule has 102 valence electrons. The van der Waals surface area contributed by atoms with Crippen LogP contribution < -0.4 is 4.72 Å². The molecule has 2 unspecified atom stereocenters. The molecule has 0 aromatic rings. The largest absolute Gasteiger partial charge is 0.468 e. The maximum atomic E-state index is 11.5. The van der Waals surface area contributed by atoms with Crippen molar-refractivity contribution < 1.29 is 27.8 Å². The molecule has 0 aromatic heterocycles. The molecular weight excluding hydrogens is 250 g/mol. The first kappa shape index (κ1) is 16.3. The molecule has 17 heavy (non-hydrogen) atoms. The highest BCUT2D eigenvalue weighted by molar-refractivity contribution is 7.90. The second-order valence-corrected chi connectivity index (χ2v) is 5.59. The number of hydrogen-bond donors (Lipinski definition) is 2. The standard InChI is InChI=1S/C9H19NO6S/c1-7(9(12)16-3)17(13,14)10-5-4-8(11)6-15-2/h7-8,10-11H,4-6H2,1-3H3. The number of carbonyl (C=O) groups excluding carboxylic acids is 1. The lowest BCUT2D eigenvalue weighted by Gasteiger charge is -2.13. The summed E-state index contributed by atoms with van der Waals surface area (Å²) in [5.41, 5.74) is 0. The summed E-state index contributed by atoms with van der Waals surface area (Å²) in [6, 6.07) is 0. The van der Waals surface area contributed by atoms with E-state index in [0.717, 1.165) is 7.11 Å². The minimum atomic E-state index is -3.76. The molecule has 0 aliphatic heterocycles. The number of nitrogens with one attached hydrogen (secondary N) is 1. The molecule has 0 amide bonds. The van der Waals surface area contributed by atoms with Crippen LogP contribution in [0, 0.1) is 0 Å². The van der Waals surface area contributed by atoms with Gasteiger partial charge in [-0.25, -0.2) is 13.1 Å². The third-order valence-electron chi connectivity index (χ3n) is 2.14. The van der Waals surface area contributed by atoms with Crippen LogP contribution in [-0.4, -0.2) is 58.2 Å². The number of ether oxygens (including phenoxy) is 2. The van der Waals surface area contributed by atoms with Crippen molar-refractivity contribution in [1.82, 2.24) is 4.72 Å². The van der Waals surface area contributed by atoms with Crippen molar-refractivity contribution in [3.63, 3.8) is 0 Å². The van der Waals surface area contributed by atoms with Crippen molar-refractivity contribution in [3.05, 3.63) is 0 Å². The van der Waals surface area contributed by atoms with Gasteiger partial charge in [-0.3, -0.25) is 4.79 Å². The number of aliphatic hydroxyl groups excluding tert-OH is 1. The summed E-state index contributed by atoms with van der Waals surface area (Å²) in [5, 5.41) is 8.02. The molecule has 2 atom stereocenters. The summed E-state index contributed by atoms with van der Waals surface area (Å²) in [5.74, 6) is -0.824. The summed E-state index contributed by atoms with van der Waals surface area (Å²) < 4.78 is 34.3. The molecule has 0 rings (SSSR count). The van der Waals surface area contributed by atoms with Crippen molar-refractivity contribution in [3.8, 4) is 0 Å². The predicted molar refractivity (Wildman–Crippen MR) is 60.9 cm³/mol. The Balaban J connectivity index is 4.15. The zero-order valence-corrected chi connectivity index (χ0v) is 11.0. The number of rotatable bonds is 8. The van der Waals surface area contributed by atoms with E-state index in [1.807, 2.05) is 0 Å². The lowest BCUT2D eigenvalue weighted by atomic mass is 10.3. The van der Waals surface area contributed by atoms with Crippen LogP contribution in [0.5, 0.6) is 0 Å². The number of methoxy groups -OCH3 is 2. The van der Waals surface area contributed by atoms with Crippen molar-refractivity contribution >= 4 is 16.0 Å². The van der Waals surface area contributed by atoms with Crippen LogP contribution in [0.1, 0.15) is 13.3 Å². The molecule has 0 aliphatic rings. The maximum absolute atomic E-state index is 11.5. The summed E-state index contributed by atoms with van der Waals surface area (Å²) in [6.07, 6.45) is -0.530. The van der Waals surface area contributed by atoms with Gasteiger partial charge in [-0.05, 0) is 13.3 Å². The fourth-order valence-corrected chi connectivity index (χ4v) is 2.06. The molecule has 0 aromatic carbocycles. The van der Waals surface area contributed by atoms with Crippen LogP contribution in [-0.2, 0) is 24.3 Å². The molecule has 0 spiro atoms. The molecule has 8 heteroatoms. The van der Waals surface area contributed by atoms with Crippen LogP contribution in [0.3, 0.4) is 0 Å². The van der Waals surface area contributed by atoms with Crippen molar-refractivity contribution in [2.24, 2.45) is 0 Å². The first-order valence-corrected chi connectivity index (χ1v) is 6.63. The lowest BCUT2D eigenvalue weighted by Crippen LogP contribution is -2.39. The van der Waals surface area contributed by atoms with Crippen LogP contribution >= 0.6 is 0 Å². The van der Waals surface area contributed by atoms with Gasteiger partial charge >= 0.3 is 5.97 Å². The fourth-order valence-electron chi connectivity index (χ4n) is 1.06. The number of hydrogen-bond acceptors (Lipinski definition) is 6. The van der Waals surface area contributed by atoms with E-state index < -0.39 is 27.3 Å². The molecule has 0 bridgehead atoms. The summed E-state index contributed by atoms with van der Waals surface area (Å²) in [6.45, 7) is 1.40. The first-order valence-electron chi connectivity index (χ1n) is 5.08. The van der Waals surface area contributed by atoms with Crippen molar-refractivity contribution in [1.29, 1.82) is 0 Å². The predicted octanol–water partition coefficient (Wildman–Crippen LogP) is -1.14. The van der Waals surface area contributed by atoms with Crippen LogP contribution in [0.4, 0.5) is 0 Å². The number of aliphatic hydroxyl groups is 1. The lowest BCUT2D eigenvalue weighted by molar-refractivity contribution is -0.139. The third-order valence-corrected chi connectivity index (χ3v) is 3.87. The van der Waals surface area contributed by atoms with E-state index in [9.17, 15) is 18.3 Å². The highest BCUT2D eigenvalue weighted by Gasteiger charge is 2.28. The van der Waals surface area contributed by atoms with E-state index in [0.29, 0.717) is 0 Å². The SMILES string of the molecule is COCC(O)CCNS(=O)(=O)C(C)C(=O)OC. The molecule has 0 radical (unpaired) electrons. The van der Waals surface area contributed by atoms with E-state index in [1.165, 1.54) is 14.0 Å². The van der Waals surface area contributed by atoms with Crippen molar-refractivity contribution in [2.45, 2.75) is 24.7 Å². The zero-order valence-electron chi connectivity index (χ0n) is 10.2. The van der Waals surface area contributed by atoms with Gasteiger partial charge in [0.15, 0.2) is 5.25 Å². The van der Waals surface area contributed by atoms with E-state index in [4.69, 9.17) is 0 Å². The number of sulfonamides is 1. The highest BCUT2D eigenvalue weighted by Crippen LogP contribution is 2.01. The van der Waals surface area contributed by atoms with E-state index in [2.05, 4.69) is 14.2 Å². The Bertz CT molecular complexity index is 328. The Kier molecular flexibility index (Phi) is 7.28. The van der Waals surface area contributed by atoms with Crippen LogP contribution in [0.15, 0.2) is 0 Å². The molecule has 2 N–H and O–H groups in total. The third kappa shape index (κ3) is 5.97. The Morgan fingerprint density at radius 1 is 1.41 bits per heavy atom. The molecular formula is C9H19NO6S. The molecule has 7 nitrogen and oxygen atoms in total. The summed E-state index contributed by atoms with van der Waals surface area (Å²) >= 11 is 0. The van der Waals surface area contributed by atoms with Gasteiger partial charge in [-0.2, -0.15) is 0 Å². The zero-order chi connectivity index (χ0) is 13.5.